The van der Waals surface area contributed by atoms with Gasteiger partial charge in [-0.15, -0.1) is 0 Å². The van der Waals surface area contributed by atoms with E-state index in [-0.39, 0.29) is 24.7 Å². The lowest BCUT2D eigenvalue weighted by Gasteiger charge is -2.16. The van der Waals surface area contributed by atoms with Gasteiger partial charge in [0.05, 0.1) is 13.0 Å². The summed E-state index contributed by atoms with van der Waals surface area (Å²) in [5.41, 5.74) is 0.492. The number of aliphatic carboxylic acids is 1. The molecule has 3 N–H and O–H groups in total. The minimum Gasteiger partial charge on any atom is -0.497 e. The highest BCUT2D eigenvalue weighted by molar-refractivity contribution is 6.40. The number of ether oxygens (including phenoxy) is 1. The van der Waals surface area contributed by atoms with Crippen LogP contribution in [0.1, 0.15) is 23.2 Å². The van der Waals surface area contributed by atoms with Crippen molar-refractivity contribution in [2.24, 2.45) is 11.8 Å². The number of rotatable bonds is 7. The van der Waals surface area contributed by atoms with Crippen molar-refractivity contribution in [1.82, 2.24) is 4.90 Å². The summed E-state index contributed by atoms with van der Waals surface area (Å²) in [6.07, 6.45) is 1.26. The molecular weight excluding hydrogens is 313 g/mol. The number of carboxylic acids is 1. The number of carbonyl (C=O) groups excluding carboxylic acids is 1. The second-order valence-electron chi connectivity index (χ2n) is 6.05. The number of methoxy groups -OCH3 is 1. The Kier molecular flexibility index (Phi) is 6.22. The molecule has 1 heterocycles. The molecule has 1 aromatic carbocycles. The van der Waals surface area contributed by atoms with Crippen molar-refractivity contribution in [2.75, 3.05) is 20.2 Å². The maximum atomic E-state index is 12.6. The van der Waals surface area contributed by atoms with E-state index in [4.69, 9.17) is 14.8 Å². The first-order valence-electron chi connectivity index (χ1n) is 7.94. The Morgan fingerprint density at radius 2 is 1.92 bits per heavy atom. The average molecular weight is 335 g/mol. The first-order valence-corrected chi connectivity index (χ1v) is 7.94. The SMILES string of the molecule is COc1ccc(C(=O)N2CC(CCCB(O)O)C(C(=O)O)C2)cc1. The predicted molar refractivity (Wildman–Crippen MR) is 87.7 cm³/mol. The van der Waals surface area contributed by atoms with Crippen molar-refractivity contribution in [1.29, 1.82) is 0 Å². The van der Waals surface area contributed by atoms with E-state index in [1.807, 2.05) is 0 Å². The number of nitrogens with zero attached hydrogens (tertiary/aromatic N) is 1. The Balaban J connectivity index is 2.02. The summed E-state index contributed by atoms with van der Waals surface area (Å²) in [5, 5.41) is 27.2. The summed E-state index contributed by atoms with van der Waals surface area (Å²) in [6, 6.07) is 6.70. The van der Waals surface area contributed by atoms with Gasteiger partial charge in [0.15, 0.2) is 0 Å². The second kappa shape index (κ2) is 8.16. The fourth-order valence-electron chi connectivity index (χ4n) is 3.09. The summed E-state index contributed by atoms with van der Waals surface area (Å²) in [4.78, 5) is 25.6. The minimum atomic E-state index is -1.38. The van der Waals surface area contributed by atoms with Gasteiger partial charge < -0.3 is 24.8 Å². The summed E-state index contributed by atoms with van der Waals surface area (Å²) in [5.74, 6) is -1.27. The fourth-order valence-corrected chi connectivity index (χ4v) is 3.09. The fraction of sp³-hybridized carbons (Fsp3) is 0.500. The van der Waals surface area contributed by atoms with Crippen LogP contribution in [0.25, 0.3) is 0 Å². The third-order valence-corrected chi connectivity index (χ3v) is 4.42. The van der Waals surface area contributed by atoms with E-state index in [1.54, 1.807) is 36.3 Å². The van der Waals surface area contributed by atoms with Crippen molar-refractivity contribution in [3.05, 3.63) is 29.8 Å². The van der Waals surface area contributed by atoms with Crippen LogP contribution in [0.3, 0.4) is 0 Å². The van der Waals surface area contributed by atoms with Crippen LogP contribution in [0.15, 0.2) is 24.3 Å². The first-order chi connectivity index (χ1) is 11.4. The number of likely N-dealkylation sites (tertiary alicyclic amines) is 1. The van der Waals surface area contributed by atoms with Gasteiger partial charge in [-0.1, -0.05) is 6.42 Å². The van der Waals surface area contributed by atoms with Crippen molar-refractivity contribution in [3.8, 4) is 5.75 Å². The number of carbonyl (C=O) groups is 2. The van der Waals surface area contributed by atoms with Gasteiger partial charge in [0.1, 0.15) is 5.75 Å². The van der Waals surface area contributed by atoms with Crippen LogP contribution in [0.5, 0.6) is 5.75 Å². The van der Waals surface area contributed by atoms with Gasteiger partial charge in [-0.25, -0.2) is 0 Å². The highest BCUT2D eigenvalue weighted by Crippen LogP contribution is 2.29. The molecule has 0 aliphatic carbocycles. The molecule has 0 bridgehead atoms. The van der Waals surface area contributed by atoms with E-state index in [2.05, 4.69) is 0 Å². The molecule has 1 aromatic rings. The lowest BCUT2D eigenvalue weighted by Crippen LogP contribution is -2.29. The molecule has 7 nitrogen and oxygen atoms in total. The second-order valence-corrected chi connectivity index (χ2v) is 6.05. The molecule has 0 saturated carbocycles. The highest BCUT2D eigenvalue weighted by atomic mass is 16.5. The van der Waals surface area contributed by atoms with Gasteiger partial charge in [-0.3, -0.25) is 9.59 Å². The van der Waals surface area contributed by atoms with Crippen molar-refractivity contribution < 1.29 is 29.5 Å². The van der Waals surface area contributed by atoms with E-state index >= 15 is 0 Å². The smallest absolute Gasteiger partial charge is 0.451 e. The molecular formula is C16H22BNO6. The molecule has 8 heteroatoms. The molecule has 2 atom stereocenters. The van der Waals surface area contributed by atoms with Crippen LogP contribution in [0.2, 0.25) is 6.32 Å². The van der Waals surface area contributed by atoms with E-state index in [1.165, 1.54) is 0 Å². The summed E-state index contributed by atoms with van der Waals surface area (Å²) >= 11 is 0. The molecule has 24 heavy (non-hydrogen) atoms. The van der Waals surface area contributed by atoms with Crippen LogP contribution in [0.4, 0.5) is 0 Å². The normalized spacial score (nSPS) is 20.0. The molecule has 0 spiro atoms. The third kappa shape index (κ3) is 4.49. The third-order valence-electron chi connectivity index (χ3n) is 4.42. The predicted octanol–water partition coefficient (Wildman–Crippen LogP) is 0.721. The van der Waals surface area contributed by atoms with Crippen molar-refractivity contribution in [2.45, 2.75) is 19.2 Å². The Morgan fingerprint density at radius 3 is 2.46 bits per heavy atom. The molecule has 2 rings (SSSR count). The molecule has 0 aromatic heterocycles. The monoisotopic (exact) mass is 335 g/mol. The minimum absolute atomic E-state index is 0.173. The van der Waals surface area contributed by atoms with Gasteiger partial charge in [-0.2, -0.15) is 0 Å². The lowest BCUT2D eigenvalue weighted by atomic mass is 9.80. The Labute approximate surface area is 141 Å². The van der Waals surface area contributed by atoms with Crippen LogP contribution in [-0.4, -0.2) is 59.2 Å². The summed E-state index contributed by atoms with van der Waals surface area (Å²) in [7, 11) is 0.162. The van der Waals surface area contributed by atoms with Crippen LogP contribution >= 0.6 is 0 Å². The lowest BCUT2D eigenvalue weighted by molar-refractivity contribution is -0.142. The van der Waals surface area contributed by atoms with Gasteiger partial charge in [0, 0.05) is 18.7 Å². The molecule has 1 aliphatic rings. The van der Waals surface area contributed by atoms with E-state index in [9.17, 15) is 14.7 Å². The molecule has 1 fully saturated rings. The zero-order chi connectivity index (χ0) is 17.7. The molecule has 130 valence electrons. The van der Waals surface area contributed by atoms with Gasteiger partial charge >= 0.3 is 13.1 Å². The maximum absolute atomic E-state index is 12.6. The van der Waals surface area contributed by atoms with Crippen LogP contribution < -0.4 is 4.74 Å². The molecule has 1 amide bonds. The van der Waals surface area contributed by atoms with Crippen LogP contribution in [0, 0.1) is 11.8 Å². The molecule has 0 radical (unpaired) electrons. The average Bonchev–Trinajstić information content (AvgIpc) is 2.98. The molecule has 1 aliphatic heterocycles. The molecule has 2 unspecified atom stereocenters. The van der Waals surface area contributed by atoms with E-state index in [0.29, 0.717) is 30.7 Å². The number of carboxylic acid groups (broad SMARTS) is 1. The molecule has 1 saturated heterocycles. The van der Waals surface area contributed by atoms with E-state index in [0.717, 1.165) is 0 Å². The van der Waals surface area contributed by atoms with Crippen molar-refractivity contribution >= 4 is 19.0 Å². The number of hydrogen-bond acceptors (Lipinski definition) is 5. The maximum Gasteiger partial charge on any atom is 0.451 e. The van der Waals surface area contributed by atoms with Gasteiger partial charge in [0.25, 0.3) is 5.91 Å². The quantitative estimate of drug-likeness (QED) is 0.634. The zero-order valence-electron chi connectivity index (χ0n) is 13.6. The van der Waals surface area contributed by atoms with Crippen molar-refractivity contribution in [3.63, 3.8) is 0 Å². The number of hydrogen-bond donors (Lipinski definition) is 3. The summed E-state index contributed by atoms with van der Waals surface area (Å²) in [6.45, 7) is 0.538. The van der Waals surface area contributed by atoms with Gasteiger partial charge in [0.2, 0.25) is 0 Å². The topological polar surface area (TPSA) is 107 Å². The zero-order valence-corrected chi connectivity index (χ0v) is 13.6. The Bertz CT molecular complexity index is 576. The standard InChI is InChI=1S/C16H22BNO6/c1-24-13-6-4-11(5-7-13)15(19)18-9-12(3-2-8-17(22)23)14(10-18)16(20)21/h4-7,12,14,22-23H,2-3,8-10H2,1H3,(H,20,21). The number of amides is 1. The highest BCUT2D eigenvalue weighted by Gasteiger charge is 2.39. The first kappa shape index (κ1) is 18.3. The van der Waals surface area contributed by atoms with Gasteiger partial charge in [-0.05, 0) is 42.9 Å². The summed E-state index contributed by atoms with van der Waals surface area (Å²) < 4.78 is 5.06. The number of benzene rings is 1. The largest absolute Gasteiger partial charge is 0.497 e. The Hall–Kier alpha value is -2.06. The van der Waals surface area contributed by atoms with E-state index < -0.39 is 19.0 Å². The van der Waals surface area contributed by atoms with Crippen LogP contribution in [-0.2, 0) is 4.79 Å². The Morgan fingerprint density at radius 1 is 1.25 bits per heavy atom.